The summed E-state index contributed by atoms with van der Waals surface area (Å²) >= 11 is 5.76. The molecule has 0 saturated heterocycles. The van der Waals surface area contributed by atoms with E-state index in [4.69, 9.17) is 27.2 Å². The minimum Gasteiger partial charge on any atom is -0.495 e. The quantitative estimate of drug-likeness (QED) is 0.802. The lowest BCUT2D eigenvalue weighted by Gasteiger charge is -2.10. The zero-order valence-electron chi connectivity index (χ0n) is 8.11. The molecule has 0 aliphatic rings. The fourth-order valence-corrected chi connectivity index (χ4v) is 1.31. The van der Waals surface area contributed by atoms with Crippen molar-refractivity contribution in [2.75, 3.05) is 13.7 Å². The van der Waals surface area contributed by atoms with E-state index in [-0.39, 0.29) is 6.54 Å². The number of carboxylic acid groups (broad SMARTS) is 1. The number of halogens is 1. The van der Waals surface area contributed by atoms with E-state index in [0.717, 1.165) is 0 Å². The van der Waals surface area contributed by atoms with Gasteiger partial charge < -0.3 is 15.6 Å². The second-order valence-corrected chi connectivity index (χ2v) is 3.28. The zero-order valence-corrected chi connectivity index (χ0v) is 8.86. The number of aliphatic carboxylic acids is 1. The van der Waals surface area contributed by atoms with Crippen LogP contribution in [0.3, 0.4) is 0 Å². The fourth-order valence-electron chi connectivity index (χ4n) is 1.13. The standard InChI is InChI=1S/C9H11ClN2O3/c1-15-8-2-7(12-4-6(8)10)5(3-11)9(13)14/h2,4-5H,3,11H2,1H3,(H,13,14). The number of ether oxygens (including phenoxy) is 1. The van der Waals surface area contributed by atoms with Crippen LogP contribution in [0.2, 0.25) is 5.02 Å². The number of aromatic nitrogens is 1. The van der Waals surface area contributed by atoms with Crippen LogP contribution in [0.4, 0.5) is 0 Å². The number of nitrogens with two attached hydrogens (primary N) is 1. The van der Waals surface area contributed by atoms with Crippen molar-refractivity contribution < 1.29 is 14.6 Å². The predicted molar refractivity (Wildman–Crippen MR) is 55.2 cm³/mol. The normalized spacial score (nSPS) is 12.2. The molecule has 0 aromatic carbocycles. The summed E-state index contributed by atoms with van der Waals surface area (Å²) in [5.74, 6) is -1.47. The molecular formula is C9H11ClN2O3. The summed E-state index contributed by atoms with van der Waals surface area (Å²) in [6, 6.07) is 1.48. The van der Waals surface area contributed by atoms with Crippen molar-refractivity contribution in [2.24, 2.45) is 5.73 Å². The molecule has 1 atom stereocenters. The van der Waals surface area contributed by atoms with E-state index in [1.807, 2.05) is 0 Å². The van der Waals surface area contributed by atoms with Gasteiger partial charge in [0.05, 0.1) is 12.8 Å². The Kier molecular flexibility index (Phi) is 3.88. The lowest BCUT2D eigenvalue weighted by atomic mass is 10.1. The Morgan fingerprint density at radius 1 is 1.80 bits per heavy atom. The van der Waals surface area contributed by atoms with Gasteiger partial charge in [0, 0.05) is 18.8 Å². The molecule has 1 heterocycles. The second kappa shape index (κ2) is 4.95. The molecular weight excluding hydrogens is 220 g/mol. The van der Waals surface area contributed by atoms with Crippen molar-refractivity contribution in [1.82, 2.24) is 4.98 Å². The van der Waals surface area contributed by atoms with Gasteiger partial charge in [0.1, 0.15) is 16.7 Å². The number of nitrogens with zero attached hydrogens (tertiary/aromatic N) is 1. The Morgan fingerprint density at radius 3 is 2.93 bits per heavy atom. The van der Waals surface area contributed by atoms with E-state index < -0.39 is 11.9 Å². The molecule has 6 heteroatoms. The molecule has 15 heavy (non-hydrogen) atoms. The van der Waals surface area contributed by atoms with Crippen molar-refractivity contribution in [3.63, 3.8) is 0 Å². The molecule has 1 aromatic heterocycles. The van der Waals surface area contributed by atoms with Gasteiger partial charge in [-0.3, -0.25) is 9.78 Å². The van der Waals surface area contributed by atoms with Crippen molar-refractivity contribution in [2.45, 2.75) is 5.92 Å². The molecule has 0 spiro atoms. The van der Waals surface area contributed by atoms with Gasteiger partial charge in [0.15, 0.2) is 0 Å². The molecule has 0 aliphatic carbocycles. The maximum Gasteiger partial charge on any atom is 0.313 e. The SMILES string of the molecule is COc1cc(C(CN)C(=O)O)ncc1Cl. The second-order valence-electron chi connectivity index (χ2n) is 2.87. The molecule has 0 bridgehead atoms. The maximum atomic E-state index is 10.8. The van der Waals surface area contributed by atoms with Crippen LogP contribution >= 0.6 is 11.6 Å². The molecule has 0 radical (unpaired) electrons. The zero-order chi connectivity index (χ0) is 11.4. The smallest absolute Gasteiger partial charge is 0.313 e. The maximum absolute atomic E-state index is 10.8. The lowest BCUT2D eigenvalue weighted by Crippen LogP contribution is -2.22. The Bertz CT molecular complexity index is 370. The monoisotopic (exact) mass is 230 g/mol. The highest BCUT2D eigenvalue weighted by atomic mass is 35.5. The van der Waals surface area contributed by atoms with Crippen LogP contribution in [0.25, 0.3) is 0 Å². The Hall–Kier alpha value is -1.33. The van der Waals surface area contributed by atoms with Gasteiger partial charge in [0.2, 0.25) is 0 Å². The lowest BCUT2D eigenvalue weighted by molar-refractivity contribution is -0.138. The number of hydrogen-bond donors (Lipinski definition) is 2. The number of rotatable bonds is 4. The van der Waals surface area contributed by atoms with Crippen LogP contribution in [-0.2, 0) is 4.79 Å². The molecule has 0 fully saturated rings. The third-order valence-corrected chi connectivity index (χ3v) is 2.24. The molecule has 0 aliphatic heterocycles. The number of hydrogen-bond acceptors (Lipinski definition) is 4. The van der Waals surface area contributed by atoms with Crippen LogP contribution < -0.4 is 10.5 Å². The highest BCUT2D eigenvalue weighted by Crippen LogP contribution is 2.26. The van der Waals surface area contributed by atoms with E-state index >= 15 is 0 Å². The average molecular weight is 231 g/mol. The number of carboxylic acids is 1. The molecule has 1 aromatic rings. The first kappa shape index (κ1) is 11.7. The van der Waals surface area contributed by atoms with Crippen molar-refractivity contribution in [3.05, 3.63) is 23.0 Å². The highest BCUT2D eigenvalue weighted by Gasteiger charge is 2.20. The Labute approximate surface area is 91.8 Å². The highest BCUT2D eigenvalue weighted by molar-refractivity contribution is 6.31. The molecule has 1 unspecified atom stereocenters. The summed E-state index contributed by atoms with van der Waals surface area (Å²) in [7, 11) is 1.45. The number of methoxy groups -OCH3 is 1. The van der Waals surface area contributed by atoms with E-state index in [0.29, 0.717) is 16.5 Å². The molecule has 5 nitrogen and oxygen atoms in total. The first-order valence-corrected chi connectivity index (χ1v) is 4.60. The minimum atomic E-state index is -1.02. The average Bonchev–Trinajstić information content (AvgIpc) is 2.21. The minimum absolute atomic E-state index is 0.0207. The van der Waals surface area contributed by atoms with Crippen LogP contribution in [0.1, 0.15) is 11.6 Å². The third kappa shape index (κ3) is 2.57. The van der Waals surface area contributed by atoms with Gasteiger partial charge in [-0.05, 0) is 0 Å². The summed E-state index contributed by atoms with van der Waals surface area (Å²) in [6.07, 6.45) is 1.35. The first-order chi connectivity index (χ1) is 7.10. The Morgan fingerprint density at radius 2 is 2.47 bits per heavy atom. The molecule has 1 rings (SSSR count). The molecule has 0 amide bonds. The van der Waals surface area contributed by atoms with Crippen LogP contribution in [0.15, 0.2) is 12.3 Å². The molecule has 0 saturated carbocycles. The van der Waals surface area contributed by atoms with E-state index in [9.17, 15) is 4.79 Å². The van der Waals surface area contributed by atoms with Gasteiger partial charge >= 0.3 is 5.97 Å². The van der Waals surface area contributed by atoms with E-state index in [1.54, 1.807) is 0 Å². The van der Waals surface area contributed by atoms with Crippen molar-refractivity contribution in [1.29, 1.82) is 0 Å². The van der Waals surface area contributed by atoms with Crippen molar-refractivity contribution >= 4 is 17.6 Å². The van der Waals surface area contributed by atoms with Crippen LogP contribution in [-0.4, -0.2) is 29.7 Å². The van der Waals surface area contributed by atoms with Crippen LogP contribution in [0.5, 0.6) is 5.75 Å². The van der Waals surface area contributed by atoms with E-state index in [2.05, 4.69) is 4.98 Å². The van der Waals surface area contributed by atoms with Gasteiger partial charge in [-0.15, -0.1) is 0 Å². The third-order valence-electron chi connectivity index (χ3n) is 1.95. The first-order valence-electron chi connectivity index (χ1n) is 4.22. The number of carbonyl (C=O) groups is 1. The van der Waals surface area contributed by atoms with Gasteiger partial charge in [-0.25, -0.2) is 0 Å². The van der Waals surface area contributed by atoms with Gasteiger partial charge in [-0.1, -0.05) is 11.6 Å². The van der Waals surface area contributed by atoms with Gasteiger partial charge in [-0.2, -0.15) is 0 Å². The predicted octanol–water partition coefficient (Wildman–Crippen LogP) is 0.870. The van der Waals surface area contributed by atoms with Gasteiger partial charge in [0.25, 0.3) is 0 Å². The van der Waals surface area contributed by atoms with Crippen LogP contribution in [0, 0.1) is 0 Å². The molecule has 3 N–H and O–H groups in total. The van der Waals surface area contributed by atoms with Crippen molar-refractivity contribution in [3.8, 4) is 5.75 Å². The Balaban J connectivity index is 3.09. The summed E-state index contributed by atoms with van der Waals surface area (Å²) in [4.78, 5) is 14.7. The summed E-state index contributed by atoms with van der Waals surface area (Å²) in [5, 5.41) is 9.20. The summed E-state index contributed by atoms with van der Waals surface area (Å²) in [6.45, 7) is -0.0207. The molecule has 82 valence electrons. The topological polar surface area (TPSA) is 85.4 Å². The fraction of sp³-hybridized carbons (Fsp3) is 0.333. The summed E-state index contributed by atoms with van der Waals surface area (Å²) in [5.41, 5.74) is 5.68. The largest absolute Gasteiger partial charge is 0.495 e. The number of pyridine rings is 1. The van der Waals surface area contributed by atoms with E-state index in [1.165, 1.54) is 19.4 Å². The summed E-state index contributed by atoms with van der Waals surface area (Å²) < 4.78 is 4.95.